The summed E-state index contributed by atoms with van der Waals surface area (Å²) in [5.74, 6) is 0.406. The van der Waals surface area contributed by atoms with Crippen molar-refractivity contribution in [1.29, 1.82) is 0 Å². The van der Waals surface area contributed by atoms with E-state index < -0.39 is 6.10 Å². The van der Waals surface area contributed by atoms with E-state index in [4.69, 9.17) is 9.47 Å². The second-order valence-corrected chi connectivity index (χ2v) is 8.27. The molecule has 0 saturated carbocycles. The predicted molar refractivity (Wildman–Crippen MR) is 111 cm³/mol. The topological polar surface area (TPSA) is 72.0 Å². The molecular formula is C21H25N3O4S. The average Bonchev–Trinajstić information content (AvgIpc) is 3.41. The molecule has 4 rings (SSSR count). The molecule has 2 aliphatic heterocycles. The van der Waals surface area contributed by atoms with Gasteiger partial charge in [0.25, 0.3) is 5.91 Å². The van der Waals surface area contributed by atoms with E-state index >= 15 is 0 Å². The van der Waals surface area contributed by atoms with E-state index in [0.717, 1.165) is 48.6 Å². The second kappa shape index (κ2) is 8.51. The lowest BCUT2D eigenvalue weighted by atomic mass is 10.1. The summed E-state index contributed by atoms with van der Waals surface area (Å²) in [5.41, 5.74) is 2.37. The highest BCUT2D eigenvalue weighted by Gasteiger charge is 2.34. The van der Waals surface area contributed by atoms with Crippen molar-refractivity contribution >= 4 is 28.8 Å². The molecule has 0 aliphatic carbocycles. The molecule has 2 aliphatic rings. The number of hydrogen-bond donors (Lipinski definition) is 0. The minimum absolute atomic E-state index is 0.0168. The van der Waals surface area contributed by atoms with Crippen molar-refractivity contribution in [2.24, 2.45) is 0 Å². The summed E-state index contributed by atoms with van der Waals surface area (Å²) < 4.78 is 10.9. The second-order valence-electron chi connectivity index (χ2n) is 7.32. The fourth-order valence-corrected chi connectivity index (χ4v) is 4.47. The molecule has 0 bridgehead atoms. The summed E-state index contributed by atoms with van der Waals surface area (Å²) in [4.78, 5) is 33.6. The third-order valence-corrected chi connectivity index (χ3v) is 6.20. The van der Waals surface area contributed by atoms with E-state index in [2.05, 4.69) is 4.98 Å². The van der Waals surface area contributed by atoms with Crippen molar-refractivity contribution in [2.45, 2.75) is 32.3 Å². The number of methoxy groups -OCH3 is 1. The van der Waals surface area contributed by atoms with Gasteiger partial charge in [0.1, 0.15) is 12.3 Å². The van der Waals surface area contributed by atoms with Crippen LogP contribution in [0.2, 0.25) is 0 Å². The Morgan fingerprint density at radius 2 is 2.14 bits per heavy atom. The first-order valence-electron chi connectivity index (χ1n) is 9.90. The minimum Gasteiger partial charge on any atom is -0.479 e. The van der Waals surface area contributed by atoms with Gasteiger partial charge in [-0.15, -0.1) is 11.3 Å². The van der Waals surface area contributed by atoms with Crippen LogP contribution >= 0.6 is 11.3 Å². The molecule has 2 amide bonds. The summed E-state index contributed by atoms with van der Waals surface area (Å²) in [7, 11) is 1.67. The highest BCUT2D eigenvalue weighted by Crippen LogP contribution is 2.38. The lowest BCUT2D eigenvalue weighted by Crippen LogP contribution is -2.49. The molecule has 8 heteroatoms. The molecule has 1 aromatic carbocycles. The summed E-state index contributed by atoms with van der Waals surface area (Å²) in [6, 6.07) is 5.69. The molecule has 2 aromatic rings. The Hall–Kier alpha value is -2.45. The smallest absolute Gasteiger partial charge is 0.268 e. The molecule has 1 unspecified atom stereocenters. The Morgan fingerprint density at radius 3 is 2.90 bits per heavy atom. The summed E-state index contributed by atoms with van der Waals surface area (Å²) in [5, 5.41) is 3.00. The van der Waals surface area contributed by atoms with Crippen LogP contribution in [-0.2, 0) is 20.7 Å². The van der Waals surface area contributed by atoms with Crippen LogP contribution in [0, 0.1) is 0 Å². The molecule has 7 nitrogen and oxygen atoms in total. The van der Waals surface area contributed by atoms with Crippen molar-refractivity contribution in [3.05, 3.63) is 28.6 Å². The highest BCUT2D eigenvalue weighted by atomic mass is 32.1. The zero-order chi connectivity index (χ0) is 20.4. The molecule has 3 heterocycles. The molecule has 154 valence electrons. The fraction of sp³-hybridized carbons (Fsp3) is 0.476. The standard InChI is InChI=1S/C21H25N3O4S/c1-14-21(26)24(12-20(25)23-8-3-4-9-23)17-11-15(5-6-18(17)28-14)16-13-29-19(22-16)7-10-27-2/h5-6,11,13-14H,3-4,7-10,12H2,1-2H3. The number of likely N-dealkylation sites (tertiary alicyclic amines) is 1. The monoisotopic (exact) mass is 415 g/mol. The first-order chi connectivity index (χ1) is 14.1. The predicted octanol–water partition coefficient (Wildman–Crippen LogP) is 2.74. The number of nitrogens with zero attached hydrogens (tertiary/aromatic N) is 3. The van der Waals surface area contributed by atoms with Gasteiger partial charge >= 0.3 is 0 Å². The van der Waals surface area contributed by atoms with E-state index in [1.807, 2.05) is 28.5 Å². The van der Waals surface area contributed by atoms with Crippen LogP contribution in [0.3, 0.4) is 0 Å². The van der Waals surface area contributed by atoms with Crippen LogP contribution < -0.4 is 9.64 Å². The molecule has 0 radical (unpaired) electrons. The largest absolute Gasteiger partial charge is 0.479 e. The molecule has 29 heavy (non-hydrogen) atoms. The van der Waals surface area contributed by atoms with Gasteiger partial charge in [-0.1, -0.05) is 0 Å². The minimum atomic E-state index is -0.611. The van der Waals surface area contributed by atoms with Gasteiger partial charge in [-0.2, -0.15) is 0 Å². The number of carbonyl (C=O) groups excluding carboxylic acids is 2. The van der Waals surface area contributed by atoms with E-state index in [-0.39, 0.29) is 18.4 Å². The Kier molecular flexibility index (Phi) is 5.82. The maximum atomic E-state index is 12.8. The van der Waals surface area contributed by atoms with Gasteiger partial charge in [0.15, 0.2) is 6.10 Å². The Bertz CT molecular complexity index is 907. The van der Waals surface area contributed by atoms with Crippen LogP contribution in [0.4, 0.5) is 5.69 Å². The number of thiazole rings is 1. The van der Waals surface area contributed by atoms with Crippen molar-refractivity contribution in [3.63, 3.8) is 0 Å². The number of anilines is 1. The molecule has 0 spiro atoms. The molecule has 1 atom stereocenters. The summed E-state index contributed by atoms with van der Waals surface area (Å²) in [6.45, 7) is 3.92. The third-order valence-electron chi connectivity index (χ3n) is 5.29. The Labute approximate surface area is 174 Å². The van der Waals surface area contributed by atoms with Gasteiger partial charge in [-0.05, 0) is 38.0 Å². The van der Waals surface area contributed by atoms with Crippen LogP contribution in [-0.4, -0.2) is 61.2 Å². The lowest BCUT2D eigenvalue weighted by molar-refractivity contribution is -0.132. The first-order valence-corrected chi connectivity index (χ1v) is 10.8. The Balaban J connectivity index is 1.61. The molecule has 1 aromatic heterocycles. The summed E-state index contributed by atoms with van der Waals surface area (Å²) >= 11 is 1.59. The zero-order valence-electron chi connectivity index (χ0n) is 16.7. The number of benzene rings is 1. The van der Waals surface area contributed by atoms with Crippen molar-refractivity contribution in [1.82, 2.24) is 9.88 Å². The van der Waals surface area contributed by atoms with Gasteiger partial charge in [0.05, 0.1) is 23.0 Å². The van der Waals surface area contributed by atoms with Gasteiger partial charge in [-0.3, -0.25) is 14.5 Å². The SMILES string of the molecule is COCCc1nc(-c2ccc3c(c2)N(CC(=O)N2CCCC2)C(=O)C(C)O3)cs1. The number of amides is 2. The van der Waals surface area contributed by atoms with Crippen molar-refractivity contribution in [2.75, 3.05) is 38.3 Å². The number of fused-ring (bicyclic) bond motifs is 1. The van der Waals surface area contributed by atoms with Gasteiger partial charge in [0, 0.05) is 37.6 Å². The maximum absolute atomic E-state index is 12.8. The average molecular weight is 416 g/mol. The number of hydrogen-bond acceptors (Lipinski definition) is 6. The molecular weight excluding hydrogens is 390 g/mol. The van der Waals surface area contributed by atoms with E-state index in [9.17, 15) is 9.59 Å². The van der Waals surface area contributed by atoms with Gasteiger partial charge in [0.2, 0.25) is 5.91 Å². The van der Waals surface area contributed by atoms with Crippen LogP contribution in [0.1, 0.15) is 24.8 Å². The van der Waals surface area contributed by atoms with E-state index in [1.54, 1.807) is 30.3 Å². The van der Waals surface area contributed by atoms with Crippen LogP contribution in [0.25, 0.3) is 11.3 Å². The number of aromatic nitrogens is 1. The molecule has 1 saturated heterocycles. The quantitative estimate of drug-likeness (QED) is 0.725. The first kappa shape index (κ1) is 19.8. The van der Waals surface area contributed by atoms with Crippen LogP contribution in [0.15, 0.2) is 23.6 Å². The number of ether oxygens (including phenoxy) is 2. The normalized spacial score (nSPS) is 18.7. The van der Waals surface area contributed by atoms with Crippen LogP contribution in [0.5, 0.6) is 5.75 Å². The van der Waals surface area contributed by atoms with E-state index in [1.165, 1.54) is 0 Å². The number of carbonyl (C=O) groups is 2. The fourth-order valence-electron chi connectivity index (χ4n) is 3.68. The zero-order valence-corrected chi connectivity index (χ0v) is 17.5. The van der Waals surface area contributed by atoms with Gasteiger partial charge in [-0.25, -0.2) is 4.98 Å². The van der Waals surface area contributed by atoms with Gasteiger partial charge < -0.3 is 14.4 Å². The highest BCUT2D eigenvalue weighted by molar-refractivity contribution is 7.09. The third kappa shape index (κ3) is 4.13. The van der Waals surface area contributed by atoms with Crippen molar-refractivity contribution in [3.8, 4) is 17.0 Å². The number of rotatable bonds is 6. The lowest BCUT2D eigenvalue weighted by Gasteiger charge is -2.33. The maximum Gasteiger partial charge on any atom is 0.268 e. The van der Waals surface area contributed by atoms with E-state index in [0.29, 0.717) is 18.0 Å². The Morgan fingerprint density at radius 1 is 1.34 bits per heavy atom. The molecule has 0 N–H and O–H groups in total. The molecule has 1 fully saturated rings. The summed E-state index contributed by atoms with van der Waals surface area (Å²) in [6.07, 6.45) is 2.20. The van der Waals surface area contributed by atoms with Crippen molar-refractivity contribution < 1.29 is 19.1 Å².